The Hall–Kier alpha value is -4.79. The van der Waals surface area contributed by atoms with Crippen molar-refractivity contribution < 1.29 is 14.3 Å². The molecule has 1 aliphatic carbocycles. The third-order valence-electron chi connectivity index (χ3n) is 7.02. The lowest BCUT2D eigenvalue weighted by molar-refractivity contribution is 0.0669. The molecule has 1 heterocycles. The third-order valence-corrected chi connectivity index (χ3v) is 7.02. The van der Waals surface area contributed by atoms with Gasteiger partial charge in [-0.2, -0.15) is 10.4 Å². The van der Waals surface area contributed by atoms with Gasteiger partial charge in [0, 0.05) is 5.56 Å². The minimum absolute atomic E-state index is 0.0729. The summed E-state index contributed by atoms with van der Waals surface area (Å²) in [6, 6.07) is 21.6. The number of benzene rings is 3. The molecule has 39 heavy (non-hydrogen) atoms. The number of nitriles is 1. The van der Waals surface area contributed by atoms with Crippen LogP contribution in [0.3, 0.4) is 0 Å². The molecule has 1 amide bonds. The molecule has 5 rings (SSSR count). The van der Waals surface area contributed by atoms with Crippen molar-refractivity contribution in [3.05, 3.63) is 118 Å². The molecular weight excluding hydrogens is 493 g/mol. The van der Waals surface area contributed by atoms with Crippen LogP contribution in [0.2, 0.25) is 0 Å². The van der Waals surface area contributed by atoms with Gasteiger partial charge < -0.3 is 10.4 Å². The normalized spacial score (nSPS) is 14.2. The number of carbonyl (C=O) groups excluding carboxylic acids is 1. The zero-order valence-corrected chi connectivity index (χ0v) is 21.4. The first kappa shape index (κ1) is 25.8. The van der Waals surface area contributed by atoms with Crippen LogP contribution in [0, 0.1) is 36.6 Å². The highest BCUT2D eigenvalue weighted by atomic mass is 19.1. The van der Waals surface area contributed by atoms with Gasteiger partial charge in [0.05, 0.1) is 29.7 Å². The zero-order chi connectivity index (χ0) is 27.6. The number of hydrogen-bond donors (Lipinski definition) is 2. The molecule has 1 unspecified atom stereocenters. The molecule has 0 bridgehead atoms. The van der Waals surface area contributed by atoms with Crippen molar-refractivity contribution in [2.24, 2.45) is 5.92 Å². The van der Waals surface area contributed by atoms with Crippen molar-refractivity contribution in [2.45, 2.75) is 38.2 Å². The van der Waals surface area contributed by atoms with Gasteiger partial charge in [0.2, 0.25) is 0 Å². The molecule has 0 aliphatic heterocycles. The number of rotatable bonds is 8. The second-order valence-corrected chi connectivity index (χ2v) is 9.90. The van der Waals surface area contributed by atoms with Crippen molar-refractivity contribution in [3.8, 4) is 11.8 Å². The number of aromatic nitrogens is 2. The lowest BCUT2D eigenvalue weighted by atomic mass is 9.82. The van der Waals surface area contributed by atoms with Gasteiger partial charge in [0.1, 0.15) is 17.1 Å². The smallest absolute Gasteiger partial charge is 0.274 e. The number of halogens is 1. The number of amides is 1. The Bertz CT molecular complexity index is 1600. The van der Waals surface area contributed by atoms with Gasteiger partial charge in [-0.1, -0.05) is 49.2 Å². The van der Waals surface area contributed by atoms with E-state index in [1.165, 1.54) is 35.0 Å². The van der Waals surface area contributed by atoms with Crippen LogP contribution in [0.4, 0.5) is 15.8 Å². The second-order valence-electron chi connectivity index (χ2n) is 9.90. The Balaban J connectivity index is 1.49. The molecule has 3 aromatic carbocycles. The van der Waals surface area contributed by atoms with Crippen LogP contribution in [-0.4, -0.2) is 20.8 Å². The van der Waals surface area contributed by atoms with Crippen LogP contribution in [0.5, 0.6) is 0 Å². The van der Waals surface area contributed by atoms with E-state index in [0.717, 1.165) is 19.3 Å². The van der Waals surface area contributed by atoms with E-state index in [4.69, 9.17) is 6.57 Å². The van der Waals surface area contributed by atoms with E-state index >= 15 is 0 Å². The molecule has 2 N–H and O–H groups in total. The highest BCUT2D eigenvalue weighted by molar-refractivity contribution is 6.03. The van der Waals surface area contributed by atoms with Gasteiger partial charge in [0.25, 0.3) is 5.91 Å². The molecule has 0 saturated heterocycles. The zero-order valence-electron chi connectivity index (χ0n) is 21.4. The first-order chi connectivity index (χ1) is 18.8. The fraction of sp³-hybridized carbons (Fsp3) is 0.226. The number of carbonyl (C=O) groups is 1. The minimum atomic E-state index is -1.34. The number of aliphatic hydroxyl groups is 1. The van der Waals surface area contributed by atoms with Gasteiger partial charge in [-0.05, 0) is 73.2 Å². The van der Waals surface area contributed by atoms with Crippen LogP contribution in [0.25, 0.3) is 10.5 Å². The number of hydrogen-bond acceptors (Lipinski definition) is 4. The van der Waals surface area contributed by atoms with Gasteiger partial charge >= 0.3 is 0 Å². The predicted octanol–water partition coefficient (Wildman–Crippen LogP) is 6.42. The molecule has 4 aromatic rings. The molecule has 1 aliphatic rings. The van der Waals surface area contributed by atoms with Gasteiger partial charge in [-0.3, -0.25) is 4.79 Å². The van der Waals surface area contributed by atoms with Crippen LogP contribution < -0.4 is 5.32 Å². The quantitative estimate of drug-likeness (QED) is 0.263. The first-order valence-electron chi connectivity index (χ1n) is 12.7. The van der Waals surface area contributed by atoms with E-state index in [0.29, 0.717) is 34.8 Å². The number of aryl methyl sites for hydroxylation is 1. The fourth-order valence-corrected chi connectivity index (χ4v) is 4.76. The van der Waals surface area contributed by atoms with E-state index in [1.807, 2.05) is 36.4 Å². The second kappa shape index (κ2) is 10.5. The van der Waals surface area contributed by atoms with Gasteiger partial charge in [0.15, 0.2) is 5.69 Å². The molecule has 1 aromatic heterocycles. The van der Waals surface area contributed by atoms with Crippen LogP contribution in [-0.2, 0) is 5.60 Å². The molecule has 1 atom stereocenters. The van der Waals surface area contributed by atoms with Crippen molar-refractivity contribution >= 4 is 17.3 Å². The van der Waals surface area contributed by atoms with E-state index in [2.05, 4.69) is 15.3 Å². The Morgan fingerprint density at radius 3 is 2.64 bits per heavy atom. The summed E-state index contributed by atoms with van der Waals surface area (Å²) in [6.45, 7) is 9.03. The summed E-state index contributed by atoms with van der Waals surface area (Å²) in [4.78, 5) is 16.8. The summed E-state index contributed by atoms with van der Waals surface area (Å²) in [6.07, 6.45) is 3.62. The maximum Gasteiger partial charge on any atom is 0.274 e. The molecule has 0 spiro atoms. The third kappa shape index (κ3) is 5.43. The molecular formula is C31H26FN5O2. The molecule has 8 heteroatoms. The fourth-order valence-electron chi connectivity index (χ4n) is 4.76. The maximum absolute atomic E-state index is 15.0. The Morgan fingerprint density at radius 1 is 1.18 bits per heavy atom. The van der Waals surface area contributed by atoms with Crippen molar-refractivity contribution in [2.75, 3.05) is 5.32 Å². The number of anilines is 1. The summed E-state index contributed by atoms with van der Waals surface area (Å²) in [5.41, 5.74) is 1.26. The van der Waals surface area contributed by atoms with Gasteiger partial charge in [-0.25, -0.2) is 13.9 Å². The summed E-state index contributed by atoms with van der Waals surface area (Å²) >= 11 is 0. The standard InChI is InChI=1S/C31H26FN5O2/c1-20-14-29(37(36-20)26-16-22(19-33)15-25(18-26)34-2)30(38)35-28-17-24(10-11-27(28)32)31(39,13-12-21-8-9-21)23-6-4-3-5-7-23/h3-7,10-11,14-18,21,39H,8-9,12-13H2,1H3,(H,35,38). The van der Waals surface area contributed by atoms with E-state index < -0.39 is 17.3 Å². The largest absolute Gasteiger partial charge is 0.380 e. The topological polar surface area (TPSA) is 95.3 Å². The summed E-state index contributed by atoms with van der Waals surface area (Å²) in [5, 5.41) is 28.3. The monoisotopic (exact) mass is 519 g/mol. The maximum atomic E-state index is 15.0. The SMILES string of the molecule is [C-]#[N+]c1cc(C#N)cc(-n2nc(C)cc2C(=O)Nc2cc(C(O)(CCC3CC3)c3ccccc3)ccc2F)c1. The lowest BCUT2D eigenvalue weighted by Gasteiger charge is -2.30. The summed E-state index contributed by atoms with van der Waals surface area (Å²) < 4.78 is 16.3. The summed E-state index contributed by atoms with van der Waals surface area (Å²) in [7, 11) is 0. The summed E-state index contributed by atoms with van der Waals surface area (Å²) in [5.74, 6) is -0.680. The van der Waals surface area contributed by atoms with Crippen molar-refractivity contribution in [1.29, 1.82) is 5.26 Å². The van der Waals surface area contributed by atoms with E-state index in [9.17, 15) is 19.6 Å². The van der Waals surface area contributed by atoms with Crippen molar-refractivity contribution in [3.63, 3.8) is 0 Å². The van der Waals surface area contributed by atoms with Crippen LogP contribution in [0.1, 0.15) is 58.6 Å². The van der Waals surface area contributed by atoms with Crippen molar-refractivity contribution in [1.82, 2.24) is 9.78 Å². The lowest BCUT2D eigenvalue weighted by Crippen LogP contribution is -2.28. The highest BCUT2D eigenvalue weighted by Crippen LogP contribution is 2.41. The first-order valence-corrected chi connectivity index (χ1v) is 12.7. The molecule has 194 valence electrons. The average molecular weight is 520 g/mol. The predicted molar refractivity (Wildman–Crippen MR) is 145 cm³/mol. The van der Waals surface area contributed by atoms with Crippen LogP contribution >= 0.6 is 0 Å². The highest BCUT2D eigenvalue weighted by Gasteiger charge is 2.35. The number of nitrogens with one attached hydrogen (secondary N) is 1. The van der Waals surface area contributed by atoms with E-state index in [-0.39, 0.29) is 22.6 Å². The Labute approximate surface area is 226 Å². The van der Waals surface area contributed by atoms with E-state index in [1.54, 1.807) is 19.1 Å². The molecule has 7 nitrogen and oxygen atoms in total. The van der Waals surface area contributed by atoms with Crippen LogP contribution in [0.15, 0.2) is 72.8 Å². The molecule has 0 radical (unpaired) electrons. The Morgan fingerprint density at radius 2 is 1.95 bits per heavy atom. The average Bonchev–Trinajstić information content (AvgIpc) is 3.71. The molecule has 1 fully saturated rings. The Kier molecular flexibility index (Phi) is 6.98. The van der Waals surface area contributed by atoms with Gasteiger partial charge in [-0.15, -0.1) is 0 Å². The number of nitrogens with zero attached hydrogens (tertiary/aromatic N) is 4. The molecule has 1 saturated carbocycles. The minimum Gasteiger partial charge on any atom is -0.380 e.